The number of rotatable bonds is 5. The summed E-state index contributed by atoms with van der Waals surface area (Å²) in [6, 6.07) is 5.91. The minimum absolute atomic E-state index is 0.0227. The second-order valence-corrected chi connectivity index (χ2v) is 7.08. The minimum Gasteiger partial charge on any atom is -0.373 e. The zero-order valence-corrected chi connectivity index (χ0v) is 15.5. The van der Waals surface area contributed by atoms with Gasteiger partial charge in [-0.25, -0.2) is 0 Å². The molecule has 6 nitrogen and oxygen atoms in total. The van der Waals surface area contributed by atoms with E-state index >= 15 is 0 Å². The fourth-order valence-corrected chi connectivity index (χ4v) is 2.98. The molecule has 0 spiro atoms. The lowest BCUT2D eigenvalue weighted by Gasteiger charge is -2.45. The molecule has 2 heterocycles. The molecule has 0 amide bonds. The Kier molecular flexibility index (Phi) is 6.57. The second-order valence-electron chi connectivity index (χ2n) is 7.08. The summed E-state index contributed by atoms with van der Waals surface area (Å²) in [6.45, 7) is 12.2. The van der Waals surface area contributed by atoms with Crippen molar-refractivity contribution in [2.45, 2.75) is 52.0 Å². The molecule has 1 aromatic rings. The van der Waals surface area contributed by atoms with Crippen molar-refractivity contribution in [3.63, 3.8) is 0 Å². The van der Waals surface area contributed by atoms with E-state index in [1.54, 1.807) is 13.2 Å². The van der Waals surface area contributed by atoms with E-state index in [4.69, 9.17) is 4.74 Å². The van der Waals surface area contributed by atoms with E-state index in [0.717, 1.165) is 31.3 Å². The summed E-state index contributed by atoms with van der Waals surface area (Å²) in [7, 11) is 1.79. The molecule has 134 valence electrons. The molecule has 0 bridgehead atoms. The summed E-state index contributed by atoms with van der Waals surface area (Å²) in [5, 5.41) is 6.75. The van der Waals surface area contributed by atoms with Crippen LogP contribution >= 0.6 is 0 Å². The van der Waals surface area contributed by atoms with E-state index in [0.29, 0.717) is 6.54 Å². The van der Waals surface area contributed by atoms with Crippen molar-refractivity contribution in [3.8, 4) is 0 Å². The first-order valence-corrected chi connectivity index (χ1v) is 8.65. The Morgan fingerprint density at radius 2 is 2.00 bits per heavy atom. The van der Waals surface area contributed by atoms with Crippen molar-refractivity contribution in [3.05, 3.63) is 30.1 Å². The van der Waals surface area contributed by atoms with Gasteiger partial charge in [0.1, 0.15) is 0 Å². The van der Waals surface area contributed by atoms with E-state index in [1.165, 1.54) is 0 Å². The molecule has 0 radical (unpaired) electrons. The SMILES string of the molecule is CN=C(NCc1ccccn1)NCC(C)(C)N1CC(C)OC(C)C1. The molecule has 0 saturated carbocycles. The zero-order valence-electron chi connectivity index (χ0n) is 15.5. The lowest BCUT2D eigenvalue weighted by molar-refractivity contribution is -0.0946. The van der Waals surface area contributed by atoms with Gasteiger partial charge in [0, 0.05) is 38.4 Å². The van der Waals surface area contributed by atoms with E-state index in [1.807, 2.05) is 18.2 Å². The molecule has 2 N–H and O–H groups in total. The summed E-state index contributed by atoms with van der Waals surface area (Å²) in [5.41, 5.74) is 1.02. The Balaban J connectivity index is 1.85. The molecule has 2 atom stereocenters. The maximum absolute atomic E-state index is 5.84. The topological polar surface area (TPSA) is 61.8 Å². The van der Waals surface area contributed by atoms with Crippen molar-refractivity contribution in [1.29, 1.82) is 0 Å². The lowest BCUT2D eigenvalue weighted by atomic mass is 10.00. The van der Waals surface area contributed by atoms with Gasteiger partial charge in [-0.1, -0.05) is 6.07 Å². The van der Waals surface area contributed by atoms with Crippen LogP contribution in [-0.4, -0.2) is 60.3 Å². The highest BCUT2D eigenvalue weighted by molar-refractivity contribution is 5.79. The molecular weight excluding hydrogens is 302 g/mol. The molecule has 2 rings (SSSR count). The van der Waals surface area contributed by atoms with Gasteiger partial charge in [0.05, 0.1) is 24.4 Å². The Hall–Kier alpha value is -1.66. The van der Waals surface area contributed by atoms with Gasteiger partial charge in [0.2, 0.25) is 0 Å². The van der Waals surface area contributed by atoms with Gasteiger partial charge in [-0.15, -0.1) is 0 Å². The average molecular weight is 333 g/mol. The minimum atomic E-state index is 0.0227. The van der Waals surface area contributed by atoms with Crippen LogP contribution in [0.3, 0.4) is 0 Å². The van der Waals surface area contributed by atoms with E-state index in [2.05, 4.69) is 53.2 Å². The normalized spacial score (nSPS) is 23.1. The van der Waals surface area contributed by atoms with Crippen LogP contribution in [-0.2, 0) is 11.3 Å². The van der Waals surface area contributed by atoms with Crippen molar-refractivity contribution >= 4 is 5.96 Å². The maximum Gasteiger partial charge on any atom is 0.191 e. The number of hydrogen-bond acceptors (Lipinski definition) is 4. The van der Waals surface area contributed by atoms with Crippen LogP contribution in [0.5, 0.6) is 0 Å². The van der Waals surface area contributed by atoms with Crippen molar-refractivity contribution < 1.29 is 4.74 Å². The smallest absolute Gasteiger partial charge is 0.191 e. The highest BCUT2D eigenvalue weighted by Gasteiger charge is 2.33. The summed E-state index contributed by atoms with van der Waals surface area (Å²) in [6.07, 6.45) is 2.35. The van der Waals surface area contributed by atoms with Gasteiger partial charge in [0.25, 0.3) is 0 Å². The lowest BCUT2D eigenvalue weighted by Crippen LogP contribution is -2.59. The van der Waals surface area contributed by atoms with Crippen LogP contribution in [0.15, 0.2) is 29.4 Å². The molecular formula is C18H31N5O. The Morgan fingerprint density at radius 3 is 2.58 bits per heavy atom. The molecule has 1 aromatic heterocycles. The van der Waals surface area contributed by atoms with E-state index in [9.17, 15) is 0 Å². The summed E-state index contributed by atoms with van der Waals surface area (Å²) >= 11 is 0. The number of aliphatic imine (C=N–C) groups is 1. The highest BCUT2D eigenvalue weighted by atomic mass is 16.5. The average Bonchev–Trinajstić information content (AvgIpc) is 2.55. The predicted molar refractivity (Wildman–Crippen MR) is 98.1 cm³/mol. The quantitative estimate of drug-likeness (QED) is 0.633. The van der Waals surface area contributed by atoms with Crippen molar-refractivity contribution in [2.75, 3.05) is 26.7 Å². The first-order valence-electron chi connectivity index (χ1n) is 8.65. The van der Waals surface area contributed by atoms with Crippen molar-refractivity contribution in [1.82, 2.24) is 20.5 Å². The fraction of sp³-hybridized carbons (Fsp3) is 0.667. The molecule has 2 unspecified atom stereocenters. The van der Waals surface area contributed by atoms with Crippen LogP contribution in [0.1, 0.15) is 33.4 Å². The van der Waals surface area contributed by atoms with Crippen LogP contribution in [0.4, 0.5) is 0 Å². The third kappa shape index (κ3) is 5.46. The summed E-state index contributed by atoms with van der Waals surface area (Å²) in [5.74, 6) is 0.795. The molecule has 6 heteroatoms. The van der Waals surface area contributed by atoms with Crippen LogP contribution in [0, 0.1) is 0 Å². The zero-order chi connectivity index (χ0) is 17.6. The second kappa shape index (κ2) is 8.44. The van der Waals surface area contributed by atoms with Gasteiger partial charge in [-0.3, -0.25) is 14.9 Å². The molecule has 1 saturated heterocycles. The van der Waals surface area contributed by atoms with Gasteiger partial charge in [-0.05, 0) is 39.8 Å². The first kappa shape index (κ1) is 18.7. The molecule has 1 fully saturated rings. The molecule has 0 aromatic carbocycles. The third-order valence-electron chi connectivity index (χ3n) is 4.35. The van der Waals surface area contributed by atoms with Crippen LogP contribution in [0.2, 0.25) is 0 Å². The highest BCUT2D eigenvalue weighted by Crippen LogP contribution is 2.20. The Morgan fingerprint density at radius 1 is 1.29 bits per heavy atom. The Labute approximate surface area is 145 Å². The molecule has 1 aliphatic rings. The Bertz CT molecular complexity index is 521. The number of guanidine groups is 1. The van der Waals surface area contributed by atoms with Crippen molar-refractivity contribution in [2.24, 2.45) is 4.99 Å². The van der Waals surface area contributed by atoms with Gasteiger partial charge >= 0.3 is 0 Å². The summed E-state index contributed by atoms with van der Waals surface area (Å²) < 4.78 is 5.84. The largest absolute Gasteiger partial charge is 0.373 e. The van der Waals surface area contributed by atoms with Gasteiger partial charge in [0.15, 0.2) is 5.96 Å². The standard InChI is InChI=1S/C18H31N5O/c1-14-11-23(12-15(2)24-14)18(3,4)13-22-17(19-5)21-10-16-8-6-7-9-20-16/h6-9,14-15H,10-13H2,1-5H3,(H2,19,21,22). The monoisotopic (exact) mass is 333 g/mol. The predicted octanol–water partition coefficient (Wildman–Crippen LogP) is 1.63. The number of nitrogens with one attached hydrogen (secondary N) is 2. The summed E-state index contributed by atoms with van der Waals surface area (Å²) in [4.78, 5) is 11.1. The first-order chi connectivity index (χ1) is 11.4. The maximum atomic E-state index is 5.84. The molecule has 1 aliphatic heterocycles. The fourth-order valence-electron chi connectivity index (χ4n) is 2.98. The number of morpholine rings is 1. The molecule has 24 heavy (non-hydrogen) atoms. The van der Waals surface area contributed by atoms with E-state index in [-0.39, 0.29) is 17.7 Å². The number of pyridine rings is 1. The third-order valence-corrected chi connectivity index (χ3v) is 4.35. The number of aromatic nitrogens is 1. The van der Waals surface area contributed by atoms with Crippen LogP contribution in [0.25, 0.3) is 0 Å². The number of ether oxygens (including phenoxy) is 1. The van der Waals surface area contributed by atoms with Gasteiger partial charge in [-0.2, -0.15) is 0 Å². The van der Waals surface area contributed by atoms with Crippen LogP contribution < -0.4 is 10.6 Å². The van der Waals surface area contributed by atoms with Gasteiger partial charge < -0.3 is 15.4 Å². The number of nitrogens with zero attached hydrogens (tertiary/aromatic N) is 3. The number of hydrogen-bond donors (Lipinski definition) is 2. The van der Waals surface area contributed by atoms with E-state index < -0.39 is 0 Å². The molecule has 0 aliphatic carbocycles.